The number of unbranched alkanes of at least 4 members (excludes halogenated alkanes) is 1. The van der Waals surface area contributed by atoms with Crippen molar-refractivity contribution in [3.8, 4) is 0 Å². The van der Waals surface area contributed by atoms with Gasteiger partial charge in [-0.2, -0.15) is 0 Å². The van der Waals surface area contributed by atoms with Crippen LogP contribution in [0.3, 0.4) is 0 Å². The van der Waals surface area contributed by atoms with Crippen LogP contribution in [0, 0.1) is 6.58 Å². The molecule has 0 saturated carbocycles. The summed E-state index contributed by atoms with van der Waals surface area (Å²) in [6.07, 6.45) is 35.6. The summed E-state index contributed by atoms with van der Waals surface area (Å²) in [4.78, 5) is 0. The number of rotatable bonds is 10. The lowest BCUT2D eigenvalue weighted by molar-refractivity contribution is 0.959. The zero-order chi connectivity index (χ0) is 15.4. The van der Waals surface area contributed by atoms with Crippen molar-refractivity contribution in [2.75, 3.05) is 0 Å². The van der Waals surface area contributed by atoms with Crippen LogP contribution >= 0.6 is 0 Å². The first-order chi connectivity index (χ1) is 10.4. The second kappa shape index (κ2) is 17.7. The van der Waals surface area contributed by atoms with Crippen molar-refractivity contribution in [3.63, 3.8) is 0 Å². The first-order valence-electron chi connectivity index (χ1n) is 7.28. The van der Waals surface area contributed by atoms with Gasteiger partial charge in [-0.05, 0) is 6.42 Å². The van der Waals surface area contributed by atoms with Gasteiger partial charge in [0.2, 0.25) is 0 Å². The van der Waals surface area contributed by atoms with Crippen LogP contribution < -0.4 is 0 Å². The standard InChI is InChI=1S/C21H25/c1-3-5-7-9-11-13-15-17-19-21-20-18-16-14-12-10-8-6-4-2/h1,3,5,7-21H,4,6H2,2H3/b3-1?,7-5+,10-8+,11-9+,14-12+,15-13+,18-16+,19-17+,21-20+. The Kier molecular flexibility index (Phi) is 15.7. The van der Waals surface area contributed by atoms with Crippen molar-refractivity contribution in [1.29, 1.82) is 0 Å². The molecule has 1 radical (unpaired) electrons. The average molecular weight is 277 g/mol. The zero-order valence-corrected chi connectivity index (χ0v) is 12.8. The predicted molar refractivity (Wildman–Crippen MR) is 96.9 cm³/mol. The maximum Gasteiger partial charge on any atom is -0.0350 e. The summed E-state index contributed by atoms with van der Waals surface area (Å²) in [5.41, 5.74) is 0. The first kappa shape index (κ1) is 18.7. The summed E-state index contributed by atoms with van der Waals surface area (Å²) in [6.45, 7) is 7.38. The smallest absolute Gasteiger partial charge is 0.0350 e. The first-order valence-corrected chi connectivity index (χ1v) is 7.28. The minimum absolute atomic E-state index is 1.14. The summed E-state index contributed by atoms with van der Waals surface area (Å²) in [5.74, 6) is 0. The van der Waals surface area contributed by atoms with Crippen LogP contribution in [0.2, 0.25) is 0 Å². The van der Waals surface area contributed by atoms with Crippen molar-refractivity contribution >= 4 is 0 Å². The van der Waals surface area contributed by atoms with E-state index in [1.807, 2.05) is 79.0 Å². The molecule has 0 nitrogen and oxygen atoms in total. The molecule has 0 aromatic heterocycles. The van der Waals surface area contributed by atoms with Gasteiger partial charge in [-0.15, -0.1) is 0 Å². The van der Waals surface area contributed by atoms with Gasteiger partial charge < -0.3 is 0 Å². The highest BCUT2D eigenvalue weighted by Crippen LogP contribution is 1.89. The lowest BCUT2D eigenvalue weighted by Crippen LogP contribution is -1.58. The molecule has 0 rings (SSSR count). The van der Waals surface area contributed by atoms with Crippen LogP contribution in [0.5, 0.6) is 0 Å². The molecule has 0 fully saturated rings. The van der Waals surface area contributed by atoms with Crippen molar-refractivity contribution in [2.45, 2.75) is 19.8 Å². The Morgan fingerprint density at radius 1 is 0.524 bits per heavy atom. The van der Waals surface area contributed by atoms with Gasteiger partial charge in [0.1, 0.15) is 0 Å². The van der Waals surface area contributed by atoms with Crippen LogP contribution in [0.1, 0.15) is 19.8 Å². The lowest BCUT2D eigenvalue weighted by atomic mass is 10.3. The quantitative estimate of drug-likeness (QED) is 0.415. The van der Waals surface area contributed by atoms with E-state index in [-0.39, 0.29) is 0 Å². The molecule has 0 aliphatic rings. The minimum Gasteiger partial charge on any atom is -0.0845 e. The summed E-state index contributed by atoms with van der Waals surface area (Å²) in [5, 5.41) is 0. The van der Waals surface area contributed by atoms with E-state index in [9.17, 15) is 0 Å². The highest BCUT2D eigenvalue weighted by molar-refractivity contribution is 5.21. The Hall–Kier alpha value is -2.34. The largest absolute Gasteiger partial charge is 0.0845 e. The SMILES string of the molecule is [CH]=C/C=C/C=C/C=C/C=C/C=C/C=C/C=C/C=C/CCC. The van der Waals surface area contributed by atoms with Gasteiger partial charge in [-0.3, -0.25) is 0 Å². The van der Waals surface area contributed by atoms with Gasteiger partial charge in [0.15, 0.2) is 0 Å². The molecular weight excluding hydrogens is 252 g/mol. The summed E-state index contributed by atoms with van der Waals surface area (Å²) < 4.78 is 0. The van der Waals surface area contributed by atoms with Crippen molar-refractivity contribution < 1.29 is 0 Å². The number of hydrogen-bond donors (Lipinski definition) is 0. The fourth-order valence-electron chi connectivity index (χ4n) is 1.24. The molecule has 109 valence electrons. The predicted octanol–water partition coefficient (Wildman–Crippen LogP) is 6.23. The van der Waals surface area contributed by atoms with E-state index in [1.54, 1.807) is 6.08 Å². The molecule has 0 saturated heterocycles. The van der Waals surface area contributed by atoms with Gasteiger partial charge in [0.05, 0.1) is 0 Å². The van der Waals surface area contributed by atoms with E-state index in [1.165, 1.54) is 12.5 Å². The Labute approximate surface area is 130 Å². The summed E-state index contributed by atoms with van der Waals surface area (Å²) in [6, 6.07) is 0. The molecule has 0 aliphatic heterocycles. The summed E-state index contributed by atoms with van der Waals surface area (Å²) in [7, 11) is 0. The second-order valence-corrected chi connectivity index (χ2v) is 4.10. The van der Waals surface area contributed by atoms with Gasteiger partial charge >= 0.3 is 0 Å². The van der Waals surface area contributed by atoms with Crippen LogP contribution in [0.4, 0.5) is 0 Å². The molecule has 0 aromatic rings. The maximum atomic E-state index is 5.20. The van der Waals surface area contributed by atoms with Crippen molar-refractivity contribution in [3.05, 3.63) is 110 Å². The Morgan fingerprint density at radius 3 is 1.19 bits per heavy atom. The molecule has 0 bridgehead atoms. The third-order valence-electron chi connectivity index (χ3n) is 2.26. The highest BCUT2D eigenvalue weighted by atomic mass is 13.8. The molecule has 0 heteroatoms. The van der Waals surface area contributed by atoms with Crippen LogP contribution in [0.25, 0.3) is 0 Å². The van der Waals surface area contributed by atoms with E-state index in [2.05, 4.69) is 19.1 Å². The van der Waals surface area contributed by atoms with Gasteiger partial charge in [-0.1, -0.05) is 123 Å². The van der Waals surface area contributed by atoms with Crippen molar-refractivity contribution in [2.24, 2.45) is 0 Å². The second-order valence-electron chi connectivity index (χ2n) is 4.10. The third-order valence-corrected chi connectivity index (χ3v) is 2.26. The van der Waals surface area contributed by atoms with Crippen LogP contribution in [-0.4, -0.2) is 0 Å². The molecule has 0 spiro atoms. The molecule has 0 amide bonds. The number of allylic oxidation sites excluding steroid dienone is 17. The molecule has 0 heterocycles. The molecule has 0 aromatic carbocycles. The van der Waals surface area contributed by atoms with E-state index >= 15 is 0 Å². The topological polar surface area (TPSA) is 0 Å². The third kappa shape index (κ3) is 17.7. The fraction of sp³-hybridized carbons (Fsp3) is 0.143. The van der Waals surface area contributed by atoms with Crippen molar-refractivity contribution in [1.82, 2.24) is 0 Å². The van der Waals surface area contributed by atoms with E-state index in [4.69, 9.17) is 6.58 Å². The Balaban J connectivity index is 3.82. The van der Waals surface area contributed by atoms with E-state index in [0.29, 0.717) is 0 Å². The zero-order valence-electron chi connectivity index (χ0n) is 12.8. The lowest BCUT2D eigenvalue weighted by Gasteiger charge is -1.79. The summed E-state index contributed by atoms with van der Waals surface area (Å²) >= 11 is 0. The van der Waals surface area contributed by atoms with Crippen LogP contribution in [-0.2, 0) is 0 Å². The number of hydrogen-bond acceptors (Lipinski definition) is 0. The van der Waals surface area contributed by atoms with Gasteiger partial charge in [0.25, 0.3) is 0 Å². The van der Waals surface area contributed by atoms with Gasteiger partial charge in [-0.25, -0.2) is 0 Å². The molecule has 0 N–H and O–H groups in total. The Bertz CT molecular complexity index is 460. The molecule has 0 aliphatic carbocycles. The normalized spacial score (nSPS) is 14.0. The minimum atomic E-state index is 1.14. The monoisotopic (exact) mass is 277 g/mol. The average Bonchev–Trinajstić information content (AvgIpc) is 2.50. The van der Waals surface area contributed by atoms with E-state index < -0.39 is 0 Å². The van der Waals surface area contributed by atoms with E-state index in [0.717, 1.165) is 6.42 Å². The molecular formula is C21H25. The van der Waals surface area contributed by atoms with Gasteiger partial charge in [0, 0.05) is 0 Å². The highest BCUT2D eigenvalue weighted by Gasteiger charge is 1.68. The molecule has 21 heavy (non-hydrogen) atoms. The van der Waals surface area contributed by atoms with Crippen LogP contribution in [0.15, 0.2) is 103 Å². The molecule has 0 unspecified atom stereocenters. The Morgan fingerprint density at radius 2 is 0.857 bits per heavy atom. The maximum absolute atomic E-state index is 5.20. The fourth-order valence-corrected chi connectivity index (χ4v) is 1.24. The molecule has 0 atom stereocenters.